The van der Waals surface area contributed by atoms with Crippen LogP contribution in [0, 0.1) is 0 Å². The molecule has 0 fully saturated rings. The van der Waals surface area contributed by atoms with Crippen molar-refractivity contribution in [2.24, 2.45) is 12.0 Å². The molecule has 4 aromatic rings. The number of methoxy groups -OCH3 is 1. The number of sulfonamides is 1. The largest absolute Gasteiger partial charge is 0.497 e. The molecule has 1 aliphatic heterocycles. The summed E-state index contributed by atoms with van der Waals surface area (Å²) in [4.78, 5) is 17.8. The maximum absolute atomic E-state index is 13.2. The summed E-state index contributed by atoms with van der Waals surface area (Å²) in [5.41, 5.74) is 3.49. The Hall–Kier alpha value is -3.27. The lowest BCUT2D eigenvalue weighted by atomic mass is 10.0. The molecule has 0 bridgehead atoms. The molecule has 7 nitrogen and oxygen atoms in total. The van der Waals surface area contributed by atoms with E-state index in [1.54, 1.807) is 7.11 Å². The Labute approximate surface area is 201 Å². The van der Waals surface area contributed by atoms with E-state index >= 15 is 0 Å². The monoisotopic (exact) mass is 493 g/mol. The molecule has 174 valence electrons. The third-order valence-corrected chi connectivity index (χ3v) is 9.00. The highest BCUT2D eigenvalue weighted by molar-refractivity contribution is 7.89. The molecule has 1 aliphatic rings. The lowest BCUT2D eigenvalue weighted by Gasteiger charge is -2.28. The summed E-state index contributed by atoms with van der Waals surface area (Å²) < 4.78 is 35.9. The van der Waals surface area contributed by atoms with Gasteiger partial charge in [0.15, 0.2) is 4.80 Å². The predicted molar refractivity (Wildman–Crippen MR) is 131 cm³/mol. The SMILES string of the molecule is COc1ccc2c(c1)sc(=NC(=O)c1ccc(S(=O)(=O)N3CCc4ccccc4C3)cc1)n2C. The number of benzene rings is 3. The molecule has 0 N–H and O–H groups in total. The van der Waals surface area contributed by atoms with Crippen molar-refractivity contribution in [3.63, 3.8) is 0 Å². The summed E-state index contributed by atoms with van der Waals surface area (Å²) in [6.07, 6.45) is 0.683. The fraction of sp³-hybridized carbons (Fsp3) is 0.200. The van der Waals surface area contributed by atoms with Gasteiger partial charge in [0, 0.05) is 25.7 Å². The Bertz CT molecular complexity index is 1570. The summed E-state index contributed by atoms with van der Waals surface area (Å²) in [6, 6.07) is 19.6. The van der Waals surface area contributed by atoms with Gasteiger partial charge in [-0.3, -0.25) is 4.79 Å². The summed E-state index contributed by atoms with van der Waals surface area (Å²) in [6.45, 7) is 0.782. The van der Waals surface area contributed by atoms with Gasteiger partial charge in [-0.1, -0.05) is 35.6 Å². The fourth-order valence-electron chi connectivity index (χ4n) is 4.09. The predicted octanol–water partition coefficient (Wildman–Crippen LogP) is 3.74. The second kappa shape index (κ2) is 8.83. The lowest BCUT2D eigenvalue weighted by Crippen LogP contribution is -2.35. The van der Waals surface area contributed by atoms with Crippen LogP contribution in [0.15, 0.2) is 76.6 Å². The number of aryl methyl sites for hydroxylation is 1. The number of nitrogens with zero attached hydrogens (tertiary/aromatic N) is 3. The van der Waals surface area contributed by atoms with Gasteiger partial charge in [0.25, 0.3) is 5.91 Å². The van der Waals surface area contributed by atoms with E-state index in [2.05, 4.69) is 4.99 Å². The van der Waals surface area contributed by atoms with Gasteiger partial charge in [0.2, 0.25) is 10.0 Å². The van der Waals surface area contributed by atoms with Crippen LogP contribution in [0.3, 0.4) is 0 Å². The highest BCUT2D eigenvalue weighted by Crippen LogP contribution is 2.25. The van der Waals surface area contributed by atoms with Crippen LogP contribution in [-0.2, 0) is 30.0 Å². The van der Waals surface area contributed by atoms with E-state index in [-0.39, 0.29) is 4.90 Å². The van der Waals surface area contributed by atoms with Crippen LogP contribution in [0.25, 0.3) is 10.2 Å². The Kier molecular flexibility index (Phi) is 5.85. The van der Waals surface area contributed by atoms with E-state index in [1.165, 1.54) is 45.5 Å². The van der Waals surface area contributed by atoms with E-state index in [4.69, 9.17) is 4.74 Å². The molecule has 34 heavy (non-hydrogen) atoms. The molecular weight excluding hydrogens is 470 g/mol. The molecule has 9 heteroatoms. The molecule has 0 saturated carbocycles. The van der Waals surface area contributed by atoms with Crippen molar-refractivity contribution in [3.8, 4) is 5.75 Å². The number of amides is 1. The van der Waals surface area contributed by atoms with Crippen LogP contribution in [0.4, 0.5) is 0 Å². The van der Waals surface area contributed by atoms with Gasteiger partial charge in [-0.05, 0) is 60.0 Å². The molecule has 5 rings (SSSR count). The molecular formula is C25H23N3O4S2. The van der Waals surface area contributed by atoms with Crippen molar-refractivity contribution >= 4 is 37.5 Å². The number of hydrogen-bond acceptors (Lipinski definition) is 5. The average molecular weight is 494 g/mol. The number of fused-ring (bicyclic) bond motifs is 2. The van der Waals surface area contributed by atoms with Gasteiger partial charge in [0.05, 0.1) is 22.2 Å². The van der Waals surface area contributed by atoms with Crippen molar-refractivity contribution in [3.05, 3.63) is 88.2 Å². The molecule has 1 amide bonds. The molecule has 0 radical (unpaired) electrons. The van der Waals surface area contributed by atoms with Crippen LogP contribution < -0.4 is 9.54 Å². The van der Waals surface area contributed by atoms with Gasteiger partial charge in [0.1, 0.15) is 5.75 Å². The minimum absolute atomic E-state index is 0.169. The first-order valence-electron chi connectivity index (χ1n) is 10.8. The quantitative estimate of drug-likeness (QED) is 0.434. The topological polar surface area (TPSA) is 81.0 Å². The van der Waals surface area contributed by atoms with Crippen molar-refractivity contribution in [1.82, 2.24) is 8.87 Å². The first-order chi connectivity index (χ1) is 16.4. The molecule has 2 heterocycles. The summed E-state index contributed by atoms with van der Waals surface area (Å²) in [7, 11) is -0.199. The maximum Gasteiger partial charge on any atom is 0.279 e. The van der Waals surface area contributed by atoms with E-state index < -0.39 is 15.9 Å². The first kappa shape index (κ1) is 22.5. The molecule has 0 saturated heterocycles. The van der Waals surface area contributed by atoms with Crippen molar-refractivity contribution in [2.75, 3.05) is 13.7 Å². The van der Waals surface area contributed by atoms with Crippen LogP contribution in [0.1, 0.15) is 21.5 Å². The minimum Gasteiger partial charge on any atom is -0.497 e. The summed E-state index contributed by atoms with van der Waals surface area (Å²) >= 11 is 1.39. The van der Waals surface area contributed by atoms with Crippen molar-refractivity contribution in [2.45, 2.75) is 17.9 Å². The number of ether oxygens (including phenoxy) is 1. The Morgan fingerprint density at radius 1 is 1.03 bits per heavy atom. The summed E-state index contributed by atoms with van der Waals surface area (Å²) in [5, 5.41) is 0. The smallest absolute Gasteiger partial charge is 0.279 e. The van der Waals surface area contributed by atoms with Crippen LogP contribution in [0.5, 0.6) is 5.75 Å². The Balaban J connectivity index is 1.39. The van der Waals surface area contributed by atoms with Crippen molar-refractivity contribution < 1.29 is 17.9 Å². The van der Waals surface area contributed by atoms with Gasteiger partial charge in [-0.25, -0.2) is 8.42 Å². The van der Waals surface area contributed by atoms with Gasteiger partial charge in [-0.15, -0.1) is 0 Å². The number of aromatic nitrogens is 1. The zero-order valence-electron chi connectivity index (χ0n) is 18.8. The number of thiazole rings is 1. The molecule has 3 aromatic carbocycles. The van der Waals surface area contributed by atoms with Gasteiger partial charge in [-0.2, -0.15) is 9.30 Å². The average Bonchev–Trinajstić information content (AvgIpc) is 3.17. The number of hydrogen-bond donors (Lipinski definition) is 0. The highest BCUT2D eigenvalue weighted by atomic mass is 32.2. The molecule has 0 unspecified atom stereocenters. The maximum atomic E-state index is 13.2. The zero-order valence-corrected chi connectivity index (χ0v) is 20.4. The Morgan fingerprint density at radius 2 is 1.76 bits per heavy atom. The summed E-state index contributed by atoms with van der Waals surface area (Å²) in [5.74, 6) is 0.311. The third-order valence-electron chi connectivity index (χ3n) is 6.05. The first-order valence-corrected chi connectivity index (χ1v) is 13.0. The minimum atomic E-state index is -3.66. The van der Waals surface area contributed by atoms with E-state index in [0.29, 0.717) is 29.9 Å². The highest BCUT2D eigenvalue weighted by Gasteiger charge is 2.28. The fourth-order valence-corrected chi connectivity index (χ4v) is 6.56. The normalized spacial score (nSPS) is 14.8. The number of carbonyl (C=O) groups is 1. The molecule has 1 aromatic heterocycles. The van der Waals surface area contributed by atoms with E-state index in [1.807, 2.05) is 54.1 Å². The van der Waals surface area contributed by atoms with Gasteiger partial charge >= 0.3 is 0 Å². The van der Waals surface area contributed by atoms with Crippen LogP contribution >= 0.6 is 11.3 Å². The molecule has 0 aliphatic carbocycles. The number of carbonyl (C=O) groups excluding carboxylic acids is 1. The second-order valence-corrected chi connectivity index (χ2v) is 11.0. The zero-order chi connectivity index (χ0) is 23.9. The van der Waals surface area contributed by atoms with E-state index in [9.17, 15) is 13.2 Å². The van der Waals surface area contributed by atoms with Crippen molar-refractivity contribution in [1.29, 1.82) is 0 Å². The molecule has 0 spiro atoms. The van der Waals surface area contributed by atoms with Crippen LogP contribution in [0.2, 0.25) is 0 Å². The number of rotatable bonds is 4. The van der Waals surface area contributed by atoms with Gasteiger partial charge < -0.3 is 9.30 Å². The van der Waals surface area contributed by atoms with E-state index in [0.717, 1.165) is 21.5 Å². The standard InChI is InChI=1S/C25H23N3O4S2/c1-27-22-12-9-20(32-2)15-23(22)33-25(27)26-24(29)18-7-10-21(11-8-18)34(30,31)28-14-13-17-5-3-4-6-19(17)16-28/h3-12,15H,13-14,16H2,1-2H3. The third kappa shape index (κ3) is 4.06. The second-order valence-electron chi connectivity index (χ2n) is 8.08. The lowest BCUT2D eigenvalue weighted by molar-refractivity contribution is 0.0998. The Morgan fingerprint density at radius 3 is 2.50 bits per heavy atom. The molecule has 0 atom stereocenters. The van der Waals surface area contributed by atoms with Crippen LogP contribution in [-0.4, -0.2) is 36.9 Å².